The minimum absolute atomic E-state index is 0.170. The Kier molecular flexibility index (Phi) is 3.98. The van der Waals surface area contributed by atoms with Gasteiger partial charge in [0.1, 0.15) is 11.8 Å². The van der Waals surface area contributed by atoms with E-state index in [0.29, 0.717) is 5.76 Å². The monoisotopic (exact) mass is 236 g/mol. The molecule has 1 atom stereocenters. The molecule has 0 radical (unpaired) electrons. The average Bonchev–Trinajstić information content (AvgIpc) is 2.50. The number of nitrogens with zero attached hydrogens (tertiary/aromatic N) is 1. The first kappa shape index (κ1) is 13.1. The molecule has 1 rings (SSSR count). The lowest BCUT2D eigenvalue weighted by atomic mass is 10.2. The van der Waals surface area contributed by atoms with E-state index in [1.807, 2.05) is 0 Å². The quantitative estimate of drug-likeness (QED) is 0.868. The topological polar surface area (TPSA) is 42.4 Å². The van der Waals surface area contributed by atoms with E-state index in [1.54, 1.807) is 13.0 Å². The molecule has 2 N–H and O–H groups in total. The van der Waals surface area contributed by atoms with Gasteiger partial charge < -0.3 is 10.2 Å². The summed E-state index contributed by atoms with van der Waals surface area (Å²) < 4.78 is 42.7. The Bertz CT molecular complexity index is 335. The summed E-state index contributed by atoms with van der Waals surface area (Å²) in [5.74, 6) is 0.629. The zero-order valence-corrected chi connectivity index (χ0v) is 9.21. The molecule has 0 aliphatic rings. The maximum absolute atomic E-state index is 12.6. The minimum atomic E-state index is -4.30. The Hall–Kier alpha value is -1.01. The molecule has 0 aliphatic carbocycles. The van der Waals surface area contributed by atoms with E-state index in [4.69, 9.17) is 10.2 Å². The van der Waals surface area contributed by atoms with Crippen LogP contribution in [0.4, 0.5) is 13.2 Å². The lowest BCUT2D eigenvalue weighted by Gasteiger charge is -2.28. The van der Waals surface area contributed by atoms with Crippen LogP contribution in [-0.2, 0) is 6.54 Å². The van der Waals surface area contributed by atoms with Gasteiger partial charge in [0.25, 0.3) is 0 Å². The number of aryl methyl sites for hydroxylation is 1. The van der Waals surface area contributed by atoms with Crippen molar-refractivity contribution in [2.45, 2.75) is 25.7 Å². The Morgan fingerprint density at radius 2 is 2.12 bits per heavy atom. The molecule has 16 heavy (non-hydrogen) atoms. The Morgan fingerprint density at radius 1 is 1.50 bits per heavy atom. The fourth-order valence-electron chi connectivity index (χ4n) is 1.52. The lowest BCUT2D eigenvalue weighted by molar-refractivity contribution is -0.178. The van der Waals surface area contributed by atoms with E-state index >= 15 is 0 Å². The third kappa shape index (κ3) is 2.99. The van der Waals surface area contributed by atoms with Gasteiger partial charge in [0.05, 0.1) is 6.26 Å². The zero-order chi connectivity index (χ0) is 12.3. The number of furan rings is 1. The van der Waals surface area contributed by atoms with Gasteiger partial charge in [-0.25, -0.2) is 0 Å². The predicted octanol–water partition coefficient (Wildman–Crippen LogP) is 1.91. The number of rotatable bonds is 4. The van der Waals surface area contributed by atoms with E-state index in [9.17, 15) is 13.2 Å². The normalized spacial score (nSPS) is 14.4. The molecule has 0 bridgehead atoms. The molecule has 1 aromatic heterocycles. The summed E-state index contributed by atoms with van der Waals surface area (Å²) in [6.07, 6.45) is -2.84. The van der Waals surface area contributed by atoms with Gasteiger partial charge in [0.15, 0.2) is 0 Å². The number of nitrogens with two attached hydrogens (primary N) is 1. The van der Waals surface area contributed by atoms with Crippen LogP contribution >= 0.6 is 0 Å². The molecule has 0 saturated carbocycles. The van der Waals surface area contributed by atoms with Crippen molar-refractivity contribution in [2.24, 2.45) is 5.73 Å². The fourth-order valence-corrected chi connectivity index (χ4v) is 1.52. The van der Waals surface area contributed by atoms with Crippen LogP contribution in [0.15, 0.2) is 16.7 Å². The molecule has 6 heteroatoms. The number of alkyl halides is 3. The molecule has 1 aromatic rings. The molecule has 1 heterocycles. The number of hydrogen-bond donors (Lipinski definition) is 1. The molecule has 0 saturated heterocycles. The van der Waals surface area contributed by atoms with Gasteiger partial charge in [-0.15, -0.1) is 0 Å². The second-order valence-corrected chi connectivity index (χ2v) is 3.71. The highest BCUT2D eigenvalue weighted by molar-refractivity contribution is 5.15. The van der Waals surface area contributed by atoms with Crippen molar-refractivity contribution in [3.63, 3.8) is 0 Å². The van der Waals surface area contributed by atoms with Crippen molar-refractivity contribution in [2.75, 3.05) is 13.6 Å². The van der Waals surface area contributed by atoms with Crippen molar-refractivity contribution in [1.29, 1.82) is 0 Å². The van der Waals surface area contributed by atoms with E-state index < -0.39 is 18.8 Å². The van der Waals surface area contributed by atoms with Gasteiger partial charge in [0.2, 0.25) is 0 Å². The summed E-state index contributed by atoms with van der Waals surface area (Å²) in [6, 6.07) is 0.0392. The van der Waals surface area contributed by atoms with Gasteiger partial charge in [-0.1, -0.05) is 0 Å². The third-order valence-corrected chi connectivity index (χ3v) is 2.52. The van der Waals surface area contributed by atoms with Crippen molar-refractivity contribution < 1.29 is 17.6 Å². The average molecular weight is 236 g/mol. The minimum Gasteiger partial charge on any atom is -0.469 e. The molecule has 1 unspecified atom stereocenters. The summed E-state index contributed by atoms with van der Waals surface area (Å²) in [5, 5.41) is 0. The van der Waals surface area contributed by atoms with Gasteiger partial charge in [-0.05, 0) is 20.0 Å². The van der Waals surface area contributed by atoms with E-state index in [2.05, 4.69) is 0 Å². The van der Waals surface area contributed by atoms with Crippen molar-refractivity contribution in [1.82, 2.24) is 4.90 Å². The summed E-state index contributed by atoms with van der Waals surface area (Å²) >= 11 is 0. The highest BCUT2D eigenvalue weighted by Crippen LogP contribution is 2.25. The zero-order valence-electron chi connectivity index (χ0n) is 9.21. The van der Waals surface area contributed by atoms with Crippen LogP contribution in [-0.4, -0.2) is 30.7 Å². The smallest absolute Gasteiger partial charge is 0.405 e. The van der Waals surface area contributed by atoms with Gasteiger partial charge >= 0.3 is 6.18 Å². The predicted molar refractivity (Wildman–Crippen MR) is 53.8 cm³/mol. The van der Waals surface area contributed by atoms with Crippen LogP contribution in [0.1, 0.15) is 11.3 Å². The van der Waals surface area contributed by atoms with E-state index in [-0.39, 0.29) is 6.54 Å². The van der Waals surface area contributed by atoms with Crippen LogP contribution in [0, 0.1) is 6.92 Å². The highest BCUT2D eigenvalue weighted by atomic mass is 19.4. The molecule has 0 aromatic carbocycles. The standard InChI is InChI=1S/C10H15F3N2O/c1-7-8(3-4-16-7)6-15(2)9(5-14)10(11,12)13/h3-4,9H,5-6,14H2,1-2H3. The number of hydrogen-bond acceptors (Lipinski definition) is 3. The Labute approximate surface area is 92.0 Å². The Balaban J connectivity index is 2.71. The van der Waals surface area contributed by atoms with Crippen LogP contribution in [0.3, 0.4) is 0 Å². The number of halogens is 3. The SMILES string of the molecule is Cc1occc1CN(C)C(CN)C(F)(F)F. The van der Waals surface area contributed by atoms with Crippen LogP contribution in [0.25, 0.3) is 0 Å². The maximum atomic E-state index is 12.6. The van der Waals surface area contributed by atoms with E-state index in [1.165, 1.54) is 18.2 Å². The second kappa shape index (κ2) is 4.88. The molecule has 92 valence electrons. The van der Waals surface area contributed by atoms with Crippen LogP contribution in [0.2, 0.25) is 0 Å². The first-order chi connectivity index (χ1) is 7.36. The van der Waals surface area contributed by atoms with Crippen molar-refractivity contribution in [3.8, 4) is 0 Å². The summed E-state index contributed by atoms with van der Waals surface area (Å²) in [6.45, 7) is 1.44. The van der Waals surface area contributed by atoms with Gasteiger partial charge in [-0.3, -0.25) is 4.90 Å². The molecule has 0 spiro atoms. The second-order valence-electron chi connectivity index (χ2n) is 3.71. The summed E-state index contributed by atoms with van der Waals surface area (Å²) in [5.41, 5.74) is 5.88. The van der Waals surface area contributed by atoms with Crippen LogP contribution in [0.5, 0.6) is 0 Å². The Morgan fingerprint density at radius 3 is 2.50 bits per heavy atom. The molecule has 0 amide bonds. The maximum Gasteiger partial charge on any atom is 0.405 e. The van der Waals surface area contributed by atoms with Crippen LogP contribution < -0.4 is 5.73 Å². The summed E-state index contributed by atoms with van der Waals surface area (Å²) in [4.78, 5) is 1.18. The first-order valence-corrected chi connectivity index (χ1v) is 4.86. The largest absolute Gasteiger partial charge is 0.469 e. The molecular weight excluding hydrogens is 221 g/mol. The lowest BCUT2D eigenvalue weighted by Crippen LogP contribution is -2.48. The molecular formula is C10H15F3N2O. The molecule has 0 fully saturated rings. The number of likely N-dealkylation sites (N-methyl/N-ethyl adjacent to an activating group) is 1. The summed E-state index contributed by atoms with van der Waals surface area (Å²) in [7, 11) is 1.40. The fraction of sp³-hybridized carbons (Fsp3) is 0.600. The van der Waals surface area contributed by atoms with Crippen molar-refractivity contribution in [3.05, 3.63) is 23.7 Å². The molecule has 3 nitrogen and oxygen atoms in total. The molecule has 0 aliphatic heterocycles. The van der Waals surface area contributed by atoms with E-state index in [0.717, 1.165) is 5.56 Å². The highest BCUT2D eigenvalue weighted by Gasteiger charge is 2.41. The van der Waals surface area contributed by atoms with Gasteiger partial charge in [0, 0.05) is 18.7 Å². The van der Waals surface area contributed by atoms with Crippen molar-refractivity contribution >= 4 is 0 Å². The first-order valence-electron chi connectivity index (χ1n) is 4.86. The third-order valence-electron chi connectivity index (χ3n) is 2.52. The van der Waals surface area contributed by atoms with Gasteiger partial charge in [-0.2, -0.15) is 13.2 Å².